The van der Waals surface area contributed by atoms with E-state index in [9.17, 15) is 4.79 Å². The molecule has 0 fully saturated rings. The Morgan fingerprint density at radius 1 is 0.533 bits per heavy atom. The molecule has 0 spiro atoms. The van der Waals surface area contributed by atoms with Crippen LogP contribution >= 0.6 is 7.49 Å². The molecule has 0 bridgehead atoms. The van der Waals surface area contributed by atoms with Gasteiger partial charge in [-0.15, -0.1) is 0 Å². The summed E-state index contributed by atoms with van der Waals surface area (Å²) in [5.74, 6) is -0.0142. The molecule has 0 saturated carbocycles. The van der Waals surface area contributed by atoms with Crippen molar-refractivity contribution in [1.82, 2.24) is 6.15 Å². The van der Waals surface area contributed by atoms with Gasteiger partial charge in [-0.3, -0.25) is 0 Å². The zero-order valence-corrected chi connectivity index (χ0v) is 22.4. The Morgan fingerprint density at radius 2 is 0.800 bits per heavy atom. The van der Waals surface area contributed by atoms with Crippen LogP contribution < -0.4 is 6.15 Å². The van der Waals surface area contributed by atoms with Gasteiger partial charge in [0.2, 0.25) is 0 Å². The maximum absolute atomic E-state index is 12.0. The molecule has 0 amide bonds. The second kappa shape index (κ2) is 23.5. The molecule has 0 saturated heterocycles. The Balaban J connectivity index is 0. The topological polar surface area (TPSA) is 61.3 Å². The Kier molecular flexibility index (Phi) is 25.1. The summed E-state index contributed by atoms with van der Waals surface area (Å²) in [4.78, 5) is 12.0. The van der Waals surface area contributed by atoms with Crippen molar-refractivity contribution in [1.29, 1.82) is 0 Å². The van der Waals surface area contributed by atoms with Gasteiger partial charge in [-0.1, -0.05) is 0 Å². The van der Waals surface area contributed by atoms with Crippen molar-refractivity contribution in [3.05, 3.63) is 0 Å². The van der Waals surface area contributed by atoms with Crippen LogP contribution in [0.1, 0.15) is 143 Å². The van der Waals surface area contributed by atoms with Crippen LogP contribution in [-0.2, 0) is 9.32 Å². The van der Waals surface area contributed by atoms with E-state index in [0.717, 1.165) is 0 Å². The minimum absolute atomic E-state index is 0. The zero-order valence-electron chi connectivity index (χ0n) is 21.4. The van der Waals surface area contributed by atoms with E-state index < -0.39 is 7.49 Å². The predicted molar refractivity (Wildman–Crippen MR) is 140 cm³/mol. The van der Waals surface area contributed by atoms with E-state index in [1.165, 1.54) is 134 Å². The molecular formula is C26H58NO2P. The van der Waals surface area contributed by atoms with Crippen molar-refractivity contribution in [2.45, 2.75) is 143 Å². The molecule has 0 aromatic heterocycles. The molecule has 0 aliphatic carbocycles. The quantitative estimate of drug-likeness (QED) is 0.133. The van der Waals surface area contributed by atoms with E-state index in [4.69, 9.17) is 4.52 Å². The fourth-order valence-corrected chi connectivity index (χ4v) is 8.86. The number of hydrogen-bond donors (Lipinski definition) is 1. The van der Waals surface area contributed by atoms with Gasteiger partial charge in [-0.2, -0.15) is 0 Å². The molecule has 0 rings (SSSR count). The van der Waals surface area contributed by atoms with Gasteiger partial charge < -0.3 is 6.15 Å². The summed E-state index contributed by atoms with van der Waals surface area (Å²) < 4.78 is 6.22. The molecule has 4 heteroatoms. The first kappa shape index (κ1) is 32.0. The molecule has 184 valence electrons. The number of carbonyl (C=O) groups is 1. The van der Waals surface area contributed by atoms with Crippen LogP contribution in [0.15, 0.2) is 0 Å². The van der Waals surface area contributed by atoms with Crippen LogP contribution in [0.4, 0.5) is 0 Å². The SMILES string of the molecule is CCCCCCCC[PH](CCCCCCCC)(CCCCCCCC)OC(C)=O.N. The number of hydrogen-bond acceptors (Lipinski definition) is 3. The second-order valence-corrected chi connectivity index (χ2v) is 13.4. The Labute approximate surface area is 190 Å². The summed E-state index contributed by atoms with van der Waals surface area (Å²) in [6, 6.07) is 0. The molecule has 0 atom stereocenters. The fourth-order valence-electron chi connectivity index (χ4n) is 4.52. The molecule has 0 aliphatic heterocycles. The third-order valence-corrected chi connectivity index (χ3v) is 10.8. The van der Waals surface area contributed by atoms with E-state index in [-0.39, 0.29) is 12.1 Å². The molecule has 0 heterocycles. The van der Waals surface area contributed by atoms with Crippen molar-refractivity contribution >= 4 is 13.5 Å². The van der Waals surface area contributed by atoms with Gasteiger partial charge in [0.25, 0.3) is 0 Å². The van der Waals surface area contributed by atoms with Gasteiger partial charge in [-0.05, 0) is 0 Å². The van der Waals surface area contributed by atoms with Gasteiger partial charge in [0.05, 0.1) is 0 Å². The Hall–Kier alpha value is -0.140. The Bertz CT molecular complexity index is 322. The first-order valence-electron chi connectivity index (χ1n) is 13.3. The van der Waals surface area contributed by atoms with Crippen molar-refractivity contribution in [2.24, 2.45) is 0 Å². The minimum Gasteiger partial charge on any atom is -0.344 e. The van der Waals surface area contributed by atoms with E-state index in [1.807, 2.05) is 0 Å². The summed E-state index contributed by atoms with van der Waals surface area (Å²) in [6.45, 7) is 8.48. The summed E-state index contributed by atoms with van der Waals surface area (Å²) in [5, 5.41) is 0. The third kappa shape index (κ3) is 19.8. The number of unbranched alkanes of at least 4 members (excludes halogenated alkanes) is 15. The zero-order chi connectivity index (χ0) is 21.6. The van der Waals surface area contributed by atoms with Gasteiger partial charge in [-0.25, -0.2) is 0 Å². The van der Waals surface area contributed by atoms with Crippen LogP contribution in [0, 0.1) is 0 Å². The molecule has 3 nitrogen and oxygen atoms in total. The van der Waals surface area contributed by atoms with Crippen molar-refractivity contribution < 1.29 is 9.32 Å². The van der Waals surface area contributed by atoms with E-state index >= 15 is 0 Å². The molecule has 0 aliphatic rings. The van der Waals surface area contributed by atoms with Crippen molar-refractivity contribution in [2.75, 3.05) is 18.5 Å². The molecule has 30 heavy (non-hydrogen) atoms. The average molecular weight is 448 g/mol. The van der Waals surface area contributed by atoms with Crippen LogP contribution in [0.2, 0.25) is 0 Å². The first-order chi connectivity index (χ1) is 14.1. The average Bonchev–Trinajstić information content (AvgIpc) is 2.69. The molecule has 3 N–H and O–H groups in total. The fraction of sp³-hybridized carbons (Fsp3) is 0.962. The smallest absolute Gasteiger partial charge is 0.344 e. The molecule has 0 aromatic rings. The summed E-state index contributed by atoms with van der Waals surface area (Å²) in [7, 11) is -1.91. The van der Waals surface area contributed by atoms with E-state index in [2.05, 4.69) is 20.8 Å². The number of carbonyl (C=O) groups excluding carboxylic acids is 1. The van der Waals surface area contributed by atoms with Gasteiger partial charge in [0.1, 0.15) is 0 Å². The van der Waals surface area contributed by atoms with Crippen LogP contribution in [-0.4, -0.2) is 24.5 Å². The number of rotatable bonds is 22. The van der Waals surface area contributed by atoms with Crippen LogP contribution in [0.25, 0.3) is 0 Å². The molecule has 0 unspecified atom stereocenters. The van der Waals surface area contributed by atoms with Crippen molar-refractivity contribution in [3.63, 3.8) is 0 Å². The van der Waals surface area contributed by atoms with E-state index in [0.29, 0.717) is 0 Å². The van der Waals surface area contributed by atoms with Gasteiger partial charge in [0.15, 0.2) is 0 Å². The largest absolute Gasteiger partial charge is 0.344 e. The summed E-state index contributed by atoms with van der Waals surface area (Å²) >= 11 is 0. The third-order valence-electron chi connectivity index (χ3n) is 6.32. The molecule has 0 radical (unpaired) electrons. The maximum Gasteiger partial charge on any atom is -0.344 e. The monoisotopic (exact) mass is 447 g/mol. The normalized spacial score (nSPS) is 11.9. The van der Waals surface area contributed by atoms with Crippen LogP contribution in [0.5, 0.6) is 0 Å². The maximum atomic E-state index is 12.0. The summed E-state index contributed by atoms with van der Waals surface area (Å²) in [5.41, 5.74) is 0. The standard InChI is InChI=1S/C26H55O2P.H3N/c1-5-8-11-14-17-20-23-29(28-26(4)27,24-21-18-15-12-9-6-2)25-22-19-16-13-10-7-3;/h29H,5-25H2,1-4H3;1H3. The first-order valence-corrected chi connectivity index (χ1v) is 15.8. The predicted octanol–water partition coefficient (Wildman–Crippen LogP) is 9.46. The Morgan fingerprint density at radius 3 is 1.07 bits per heavy atom. The van der Waals surface area contributed by atoms with Gasteiger partial charge in [0, 0.05) is 0 Å². The van der Waals surface area contributed by atoms with Crippen molar-refractivity contribution in [3.8, 4) is 0 Å². The van der Waals surface area contributed by atoms with E-state index in [1.54, 1.807) is 6.92 Å². The minimum atomic E-state index is -1.91. The van der Waals surface area contributed by atoms with Crippen LogP contribution in [0.3, 0.4) is 0 Å². The molecular weight excluding hydrogens is 389 g/mol. The molecule has 0 aromatic carbocycles. The van der Waals surface area contributed by atoms with Gasteiger partial charge >= 0.3 is 185 Å². The second-order valence-electron chi connectivity index (χ2n) is 9.33. The summed E-state index contributed by atoms with van der Waals surface area (Å²) in [6.07, 6.45) is 27.6.